The Balaban J connectivity index is 1.52. The van der Waals surface area contributed by atoms with Crippen molar-refractivity contribution >= 4 is 5.91 Å². The first-order valence-electron chi connectivity index (χ1n) is 8.21. The van der Waals surface area contributed by atoms with E-state index in [1.165, 1.54) is 10.7 Å². The summed E-state index contributed by atoms with van der Waals surface area (Å²) in [5.41, 5.74) is 0.629. The van der Waals surface area contributed by atoms with Crippen molar-refractivity contribution in [1.29, 1.82) is 0 Å². The summed E-state index contributed by atoms with van der Waals surface area (Å²) in [4.78, 5) is 28.3. The molecule has 24 heavy (non-hydrogen) atoms. The quantitative estimate of drug-likeness (QED) is 0.763. The minimum absolute atomic E-state index is 0.223. The van der Waals surface area contributed by atoms with Crippen molar-refractivity contribution in [3.05, 3.63) is 39.9 Å². The van der Waals surface area contributed by atoms with Gasteiger partial charge in [0.25, 0.3) is 5.56 Å². The molecule has 3 rings (SSSR count). The van der Waals surface area contributed by atoms with Crippen LogP contribution in [0, 0.1) is 6.92 Å². The maximum atomic E-state index is 12.2. The van der Waals surface area contributed by atoms with Crippen LogP contribution in [0.15, 0.2) is 21.5 Å². The minimum atomic E-state index is -0.637. The molecule has 1 atom stereocenters. The molecule has 8 heteroatoms. The van der Waals surface area contributed by atoms with E-state index in [0.717, 1.165) is 18.5 Å². The third kappa shape index (κ3) is 3.87. The predicted octanol–water partition coefficient (Wildman–Crippen LogP) is 1.12. The van der Waals surface area contributed by atoms with Gasteiger partial charge in [0.05, 0.1) is 5.69 Å². The molecule has 1 fully saturated rings. The second-order valence-corrected chi connectivity index (χ2v) is 6.12. The number of carbonyl (C=O) groups excluding carboxylic acids is 1. The molecule has 1 amide bonds. The van der Waals surface area contributed by atoms with E-state index in [1.807, 2.05) is 0 Å². The van der Waals surface area contributed by atoms with Crippen molar-refractivity contribution in [2.24, 2.45) is 0 Å². The van der Waals surface area contributed by atoms with Gasteiger partial charge >= 0.3 is 0 Å². The van der Waals surface area contributed by atoms with Gasteiger partial charge in [-0.3, -0.25) is 9.59 Å². The van der Waals surface area contributed by atoms with Gasteiger partial charge in [-0.25, -0.2) is 4.68 Å². The molecular formula is C16H21N5O3. The fourth-order valence-corrected chi connectivity index (χ4v) is 2.47. The number of nitrogens with one attached hydrogen (secondary N) is 1. The van der Waals surface area contributed by atoms with Crippen LogP contribution in [-0.4, -0.2) is 32.4 Å². The lowest BCUT2D eigenvalue weighted by Gasteiger charge is -2.14. The zero-order valence-electron chi connectivity index (χ0n) is 13.9. The van der Waals surface area contributed by atoms with Gasteiger partial charge in [-0.05, 0) is 39.2 Å². The summed E-state index contributed by atoms with van der Waals surface area (Å²) in [7, 11) is 0. The van der Waals surface area contributed by atoms with Gasteiger partial charge in [0.1, 0.15) is 6.04 Å². The van der Waals surface area contributed by atoms with Crippen LogP contribution < -0.4 is 10.9 Å². The van der Waals surface area contributed by atoms with E-state index in [4.69, 9.17) is 4.52 Å². The van der Waals surface area contributed by atoms with E-state index < -0.39 is 6.04 Å². The number of rotatable bonds is 7. The van der Waals surface area contributed by atoms with Gasteiger partial charge in [-0.15, -0.1) is 0 Å². The van der Waals surface area contributed by atoms with Crippen LogP contribution >= 0.6 is 0 Å². The van der Waals surface area contributed by atoms with E-state index in [-0.39, 0.29) is 11.5 Å². The molecule has 0 radical (unpaired) electrons. The highest BCUT2D eigenvalue weighted by atomic mass is 16.5. The number of aromatic nitrogens is 4. The number of hydrogen-bond acceptors (Lipinski definition) is 6. The van der Waals surface area contributed by atoms with Crippen LogP contribution in [0.3, 0.4) is 0 Å². The summed E-state index contributed by atoms with van der Waals surface area (Å²) in [5, 5.41) is 10.9. The van der Waals surface area contributed by atoms with E-state index in [1.54, 1.807) is 19.9 Å². The molecule has 1 aliphatic carbocycles. The molecule has 0 saturated heterocycles. The topological polar surface area (TPSA) is 103 Å². The molecule has 0 aliphatic heterocycles. The Kier molecular flexibility index (Phi) is 4.73. The molecule has 1 unspecified atom stereocenters. The number of nitrogens with zero attached hydrogens (tertiary/aromatic N) is 4. The van der Waals surface area contributed by atoms with Crippen molar-refractivity contribution in [3.63, 3.8) is 0 Å². The van der Waals surface area contributed by atoms with Crippen molar-refractivity contribution in [3.8, 4) is 0 Å². The third-order valence-corrected chi connectivity index (χ3v) is 4.02. The molecular weight excluding hydrogens is 310 g/mol. The molecule has 1 saturated carbocycles. The monoisotopic (exact) mass is 331 g/mol. The summed E-state index contributed by atoms with van der Waals surface area (Å²) < 4.78 is 6.28. The first-order chi connectivity index (χ1) is 11.5. The molecule has 8 nitrogen and oxygen atoms in total. The Labute approximate surface area is 139 Å². The summed E-state index contributed by atoms with van der Waals surface area (Å²) in [5.74, 6) is 1.37. The van der Waals surface area contributed by atoms with E-state index in [9.17, 15) is 9.59 Å². The average Bonchev–Trinajstić information content (AvgIpc) is 3.33. The minimum Gasteiger partial charge on any atom is -0.354 e. The molecule has 1 N–H and O–H groups in total. The van der Waals surface area contributed by atoms with Gasteiger partial charge < -0.3 is 9.84 Å². The molecule has 0 spiro atoms. The van der Waals surface area contributed by atoms with E-state index in [2.05, 4.69) is 20.6 Å². The second kappa shape index (κ2) is 6.94. The molecule has 0 aromatic carbocycles. The molecule has 2 heterocycles. The van der Waals surface area contributed by atoms with Gasteiger partial charge in [0.2, 0.25) is 11.8 Å². The molecule has 2 aromatic rings. The fourth-order valence-electron chi connectivity index (χ4n) is 2.47. The number of amides is 1. The van der Waals surface area contributed by atoms with Crippen LogP contribution in [0.2, 0.25) is 0 Å². The number of carbonyl (C=O) groups is 1. The Morgan fingerprint density at radius 2 is 2.25 bits per heavy atom. The van der Waals surface area contributed by atoms with Crippen LogP contribution in [-0.2, 0) is 11.2 Å². The Morgan fingerprint density at radius 3 is 2.92 bits per heavy atom. The van der Waals surface area contributed by atoms with Gasteiger partial charge in [0.15, 0.2) is 5.82 Å². The maximum absolute atomic E-state index is 12.2. The molecule has 0 bridgehead atoms. The number of hydrogen-bond donors (Lipinski definition) is 1. The first kappa shape index (κ1) is 16.4. The Hall–Kier alpha value is -2.51. The summed E-state index contributed by atoms with van der Waals surface area (Å²) in [6, 6.07) is 2.61. The average molecular weight is 331 g/mol. The second-order valence-electron chi connectivity index (χ2n) is 6.12. The molecule has 128 valence electrons. The molecule has 2 aromatic heterocycles. The SMILES string of the molecule is Cc1noc(CCCNC(=O)C(C)n2nc(C3CC3)ccc2=O)n1. The van der Waals surface area contributed by atoms with Crippen molar-refractivity contribution in [2.45, 2.75) is 51.5 Å². The lowest BCUT2D eigenvalue weighted by atomic mass is 10.2. The van der Waals surface area contributed by atoms with Crippen molar-refractivity contribution in [2.75, 3.05) is 6.54 Å². The number of aryl methyl sites for hydroxylation is 2. The smallest absolute Gasteiger partial charge is 0.267 e. The lowest BCUT2D eigenvalue weighted by Crippen LogP contribution is -2.37. The highest BCUT2D eigenvalue weighted by Gasteiger charge is 2.27. The van der Waals surface area contributed by atoms with Crippen molar-refractivity contribution < 1.29 is 9.32 Å². The Bertz CT molecular complexity index is 778. The first-order valence-corrected chi connectivity index (χ1v) is 8.21. The normalized spacial score (nSPS) is 15.2. The van der Waals surface area contributed by atoms with Crippen LogP contribution in [0.1, 0.15) is 55.6 Å². The maximum Gasteiger partial charge on any atom is 0.267 e. The van der Waals surface area contributed by atoms with E-state index in [0.29, 0.717) is 37.0 Å². The van der Waals surface area contributed by atoms with Gasteiger partial charge in [-0.2, -0.15) is 10.1 Å². The highest BCUT2D eigenvalue weighted by molar-refractivity contribution is 5.79. The van der Waals surface area contributed by atoms with E-state index >= 15 is 0 Å². The van der Waals surface area contributed by atoms with Gasteiger partial charge in [0, 0.05) is 24.9 Å². The molecule has 1 aliphatic rings. The zero-order chi connectivity index (χ0) is 17.1. The Morgan fingerprint density at radius 1 is 1.46 bits per heavy atom. The van der Waals surface area contributed by atoms with Crippen LogP contribution in [0.5, 0.6) is 0 Å². The summed E-state index contributed by atoms with van der Waals surface area (Å²) >= 11 is 0. The van der Waals surface area contributed by atoms with Crippen LogP contribution in [0.25, 0.3) is 0 Å². The van der Waals surface area contributed by atoms with Crippen molar-refractivity contribution in [1.82, 2.24) is 25.2 Å². The lowest BCUT2D eigenvalue weighted by molar-refractivity contribution is -0.124. The van der Waals surface area contributed by atoms with Gasteiger partial charge in [-0.1, -0.05) is 5.16 Å². The van der Waals surface area contributed by atoms with Crippen LogP contribution in [0.4, 0.5) is 0 Å². The predicted molar refractivity (Wildman–Crippen MR) is 85.5 cm³/mol. The highest BCUT2D eigenvalue weighted by Crippen LogP contribution is 2.38. The third-order valence-electron chi connectivity index (χ3n) is 4.02. The largest absolute Gasteiger partial charge is 0.354 e. The zero-order valence-corrected chi connectivity index (χ0v) is 13.9. The summed E-state index contributed by atoms with van der Waals surface area (Å²) in [6.45, 7) is 3.92. The fraction of sp³-hybridized carbons (Fsp3) is 0.562. The standard InChI is InChI=1S/C16H21N5O3/c1-10(21-15(22)8-7-13(19-21)12-5-6-12)16(23)17-9-3-4-14-18-11(2)20-24-14/h7-8,10,12H,3-6,9H2,1-2H3,(H,17,23). The summed E-state index contributed by atoms with van der Waals surface area (Å²) in [6.07, 6.45) is 3.48.